The summed E-state index contributed by atoms with van der Waals surface area (Å²) in [5.74, 6) is -2.21. The van der Waals surface area contributed by atoms with Gasteiger partial charge in [0, 0.05) is 4.92 Å². The first-order valence-corrected chi connectivity index (χ1v) is 6.88. The van der Waals surface area contributed by atoms with Gasteiger partial charge in [0.2, 0.25) is 6.54 Å². The first kappa shape index (κ1) is 18.2. The van der Waals surface area contributed by atoms with E-state index in [1.165, 1.54) is 20.3 Å². The zero-order chi connectivity index (χ0) is 17.4. The lowest BCUT2D eigenvalue weighted by molar-refractivity contribution is -0.484. The lowest BCUT2D eigenvalue weighted by Crippen LogP contribution is -2.28. The monoisotopic (exact) mass is 322 g/mol. The topological polar surface area (TPSA) is 112 Å². The van der Waals surface area contributed by atoms with Gasteiger partial charge < -0.3 is 14.2 Å². The molecule has 0 aliphatic carbocycles. The number of nitriles is 1. The van der Waals surface area contributed by atoms with E-state index in [-0.39, 0.29) is 6.61 Å². The van der Waals surface area contributed by atoms with Crippen LogP contribution in [0.1, 0.15) is 18.4 Å². The van der Waals surface area contributed by atoms with Crippen LogP contribution in [0.25, 0.3) is 0 Å². The van der Waals surface area contributed by atoms with Gasteiger partial charge in [-0.2, -0.15) is 5.26 Å². The molecule has 0 aromatic heterocycles. The van der Waals surface area contributed by atoms with E-state index in [9.17, 15) is 20.2 Å². The largest absolute Gasteiger partial charge is 0.493 e. The van der Waals surface area contributed by atoms with E-state index in [4.69, 9.17) is 14.2 Å². The number of carbonyl (C=O) groups excluding carboxylic acids is 1. The summed E-state index contributed by atoms with van der Waals surface area (Å²) in [7, 11) is 2.89. The van der Waals surface area contributed by atoms with Gasteiger partial charge in [-0.05, 0) is 24.6 Å². The molecule has 0 amide bonds. The maximum absolute atomic E-state index is 11.9. The maximum atomic E-state index is 11.9. The molecule has 1 aromatic rings. The second-order valence-corrected chi connectivity index (χ2v) is 4.60. The van der Waals surface area contributed by atoms with Crippen molar-refractivity contribution in [3.05, 3.63) is 33.9 Å². The standard InChI is InChI=1S/C15H18N2O6/c1-4-23-15(18)11(8-16)12(9-17(19)20)10-5-6-13(21-2)14(7-10)22-3/h5-7,11-12H,4,9H2,1-3H3/t11-,12-/m0/s1. The summed E-state index contributed by atoms with van der Waals surface area (Å²) in [6.07, 6.45) is 0. The number of hydrogen-bond acceptors (Lipinski definition) is 7. The minimum Gasteiger partial charge on any atom is -0.493 e. The average Bonchev–Trinajstić information content (AvgIpc) is 2.53. The number of hydrogen-bond donors (Lipinski definition) is 0. The van der Waals surface area contributed by atoms with Crippen LogP contribution in [0.5, 0.6) is 11.5 Å². The number of nitro groups is 1. The van der Waals surface area contributed by atoms with E-state index in [1.807, 2.05) is 0 Å². The lowest BCUT2D eigenvalue weighted by Gasteiger charge is -2.19. The number of rotatable bonds is 8. The zero-order valence-corrected chi connectivity index (χ0v) is 13.1. The van der Waals surface area contributed by atoms with Crippen molar-refractivity contribution >= 4 is 5.97 Å². The second kappa shape index (κ2) is 8.58. The number of methoxy groups -OCH3 is 2. The Balaban J connectivity index is 3.27. The third kappa shape index (κ3) is 4.57. The first-order valence-electron chi connectivity index (χ1n) is 6.88. The SMILES string of the molecule is CCOC(=O)[C@@H](C#N)[C@@H](C[N+](=O)[O-])c1ccc(OC)c(OC)c1. The normalized spacial score (nSPS) is 12.6. The Bertz CT molecular complexity index is 610. The zero-order valence-electron chi connectivity index (χ0n) is 13.1. The molecule has 0 heterocycles. The van der Waals surface area contributed by atoms with Crippen LogP contribution < -0.4 is 9.47 Å². The molecule has 0 saturated heterocycles. The van der Waals surface area contributed by atoms with Crippen molar-refractivity contribution in [2.75, 3.05) is 27.4 Å². The minimum atomic E-state index is -1.28. The predicted molar refractivity (Wildman–Crippen MR) is 79.9 cm³/mol. The number of ether oxygens (including phenoxy) is 3. The number of esters is 1. The van der Waals surface area contributed by atoms with Crippen molar-refractivity contribution in [1.82, 2.24) is 0 Å². The smallest absolute Gasteiger partial charge is 0.324 e. The average molecular weight is 322 g/mol. The van der Waals surface area contributed by atoms with Crippen molar-refractivity contribution in [3.8, 4) is 17.6 Å². The highest BCUT2D eigenvalue weighted by Gasteiger charge is 2.35. The Morgan fingerprint density at radius 2 is 2.00 bits per heavy atom. The Labute approximate surface area is 133 Å². The van der Waals surface area contributed by atoms with Crippen LogP contribution in [-0.2, 0) is 9.53 Å². The molecule has 0 spiro atoms. The van der Waals surface area contributed by atoms with Crippen LogP contribution in [0, 0.1) is 27.4 Å². The van der Waals surface area contributed by atoms with E-state index in [2.05, 4.69) is 0 Å². The molecule has 1 rings (SSSR count). The molecule has 0 aliphatic heterocycles. The molecule has 0 unspecified atom stereocenters. The molecule has 124 valence electrons. The van der Waals surface area contributed by atoms with Gasteiger partial charge in [-0.15, -0.1) is 0 Å². The van der Waals surface area contributed by atoms with E-state index in [0.717, 1.165) is 0 Å². The molecule has 0 aliphatic rings. The number of benzene rings is 1. The van der Waals surface area contributed by atoms with Crippen molar-refractivity contribution in [3.63, 3.8) is 0 Å². The Morgan fingerprint density at radius 1 is 1.35 bits per heavy atom. The van der Waals surface area contributed by atoms with E-state index in [1.54, 1.807) is 25.1 Å². The maximum Gasteiger partial charge on any atom is 0.324 e. The summed E-state index contributed by atoms with van der Waals surface area (Å²) in [6, 6.07) is 6.47. The highest BCUT2D eigenvalue weighted by molar-refractivity contribution is 5.76. The quantitative estimate of drug-likeness (QED) is 0.407. The van der Waals surface area contributed by atoms with E-state index in [0.29, 0.717) is 17.1 Å². The van der Waals surface area contributed by atoms with Crippen LogP contribution >= 0.6 is 0 Å². The van der Waals surface area contributed by atoms with Crippen molar-refractivity contribution in [2.45, 2.75) is 12.8 Å². The van der Waals surface area contributed by atoms with Gasteiger partial charge in [0.25, 0.3) is 0 Å². The summed E-state index contributed by atoms with van der Waals surface area (Å²) < 4.78 is 15.1. The fourth-order valence-electron chi connectivity index (χ4n) is 2.19. The first-order chi connectivity index (χ1) is 11.0. The molecule has 23 heavy (non-hydrogen) atoms. The Morgan fingerprint density at radius 3 is 2.48 bits per heavy atom. The van der Waals surface area contributed by atoms with Crippen LogP contribution in [0.3, 0.4) is 0 Å². The van der Waals surface area contributed by atoms with Gasteiger partial charge in [0.15, 0.2) is 17.4 Å². The summed E-state index contributed by atoms with van der Waals surface area (Å²) >= 11 is 0. The van der Waals surface area contributed by atoms with Crippen LogP contribution in [0.4, 0.5) is 0 Å². The van der Waals surface area contributed by atoms with Gasteiger partial charge in [0.05, 0.1) is 32.8 Å². The van der Waals surface area contributed by atoms with Gasteiger partial charge in [-0.3, -0.25) is 14.9 Å². The van der Waals surface area contributed by atoms with Crippen LogP contribution in [0.2, 0.25) is 0 Å². The molecule has 8 nitrogen and oxygen atoms in total. The van der Waals surface area contributed by atoms with Gasteiger partial charge in [-0.1, -0.05) is 6.07 Å². The summed E-state index contributed by atoms with van der Waals surface area (Å²) in [5.41, 5.74) is 0.430. The third-order valence-electron chi connectivity index (χ3n) is 3.26. The fraction of sp³-hybridized carbons (Fsp3) is 0.467. The summed E-state index contributed by atoms with van der Waals surface area (Å²) in [4.78, 5) is 22.3. The van der Waals surface area contributed by atoms with Crippen LogP contribution in [-0.4, -0.2) is 38.3 Å². The van der Waals surface area contributed by atoms with Gasteiger partial charge in [0.1, 0.15) is 0 Å². The molecule has 1 aromatic carbocycles. The Hall–Kier alpha value is -2.82. The molecule has 0 radical (unpaired) electrons. The number of carbonyl (C=O) groups is 1. The van der Waals surface area contributed by atoms with E-state index < -0.39 is 29.3 Å². The Kier molecular flexibility index (Phi) is 6.80. The van der Waals surface area contributed by atoms with Crippen molar-refractivity contribution in [2.24, 2.45) is 5.92 Å². The molecule has 2 atom stereocenters. The molecule has 0 bridgehead atoms. The fourth-order valence-corrected chi connectivity index (χ4v) is 2.19. The van der Waals surface area contributed by atoms with Gasteiger partial charge >= 0.3 is 5.97 Å². The second-order valence-electron chi connectivity index (χ2n) is 4.60. The molecule has 0 saturated carbocycles. The predicted octanol–water partition coefficient (Wildman–Crippen LogP) is 1.77. The van der Waals surface area contributed by atoms with E-state index >= 15 is 0 Å². The highest BCUT2D eigenvalue weighted by Crippen LogP contribution is 2.34. The molecule has 8 heteroatoms. The molecule has 0 N–H and O–H groups in total. The lowest BCUT2D eigenvalue weighted by atomic mass is 9.86. The number of nitrogens with zero attached hydrogens (tertiary/aromatic N) is 2. The molecule has 0 fully saturated rings. The van der Waals surface area contributed by atoms with Gasteiger partial charge in [-0.25, -0.2) is 0 Å². The molecular formula is C15H18N2O6. The summed E-state index contributed by atoms with van der Waals surface area (Å²) in [6.45, 7) is 1.12. The minimum absolute atomic E-state index is 0.0914. The van der Waals surface area contributed by atoms with Crippen molar-refractivity contribution < 1.29 is 23.9 Å². The van der Waals surface area contributed by atoms with Crippen LogP contribution in [0.15, 0.2) is 18.2 Å². The highest BCUT2D eigenvalue weighted by atomic mass is 16.6. The summed E-state index contributed by atoms with van der Waals surface area (Å²) in [5, 5.41) is 20.2. The van der Waals surface area contributed by atoms with Crippen molar-refractivity contribution in [1.29, 1.82) is 5.26 Å². The third-order valence-corrected chi connectivity index (χ3v) is 3.26. The molecular weight excluding hydrogens is 304 g/mol.